The predicted octanol–water partition coefficient (Wildman–Crippen LogP) is 3.80. The highest BCUT2D eigenvalue weighted by atomic mass is 16.5. The van der Waals surface area contributed by atoms with Crippen molar-refractivity contribution < 1.29 is 9.53 Å². The van der Waals surface area contributed by atoms with Crippen LogP contribution in [0.3, 0.4) is 0 Å². The van der Waals surface area contributed by atoms with E-state index in [2.05, 4.69) is 6.08 Å². The highest BCUT2D eigenvalue weighted by Crippen LogP contribution is 2.42. The summed E-state index contributed by atoms with van der Waals surface area (Å²) in [5, 5.41) is 0. The lowest BCUT2D eigenvalue weighted by atomic mass is 9.74. The Hall–Kier alpha value is -0.630. The summed E-state index contributed by atoms with van der Waals surface area (Å²) >= 11 is 0. The van der Waals surface area contributed by atoms with Gasteiger partial charge in [-0.25, -0.2) is 0 Å². The lowest BCUT2D eigenvalue weighted by Gasteiger charge is -2.43. The third kappa shape index (κ3) is 2.40. The van der Waals surface area contributed by atoms with E-state index < -0.39 is 0 Å². The molecule has 3 rings (SSSR count). The fourth-order valence-corrected chi connectivity index (χ4v) is 3.95. The average molecular weight is 248 g/mol. The second kappa shape index (κ2) is 5.16. The Morgan fingerprint density at radius 2 is 2.06 bits per heavy atom. The Morgan fingerprint density at radius 1 is 1.22 bits per heavy atom. The van der Waals surface area contributed by atoms with E-state index in [1.807, 2.05) is 0 Å². The minimum atomic E-state index is 0.0655. The fraction of sp³-hybridized carbons (Fsp3) is 0.812. The van der Waals surface area contributed by atoms with Gasteiger partial charge < -0.3 is 4.74 Å². The van der Waals surface area contributed by atoms with Crippen molar-refractivity contribution in [1.82, 2.24) is 0 Å². The zero-order chi connectivity index (χ0) is 12.4. The van der Waals surface area contributed by atoms with Crippen LogP contribution in [0.15, 0.2) is 11.6 Å². The first-order valence-corrected chi connectivity index (χ1v) is 7.66. The van der Waals surface area contributed by atoms with Gasteiger partial charge in [-0.2, -0.15) is 0 Å². The molecule has 3 aliphatic rings. The Morgan fingerprint density at radius 3 is 2.78 bits per heavy atom. The van der Waals surface area contributed by atoms with Gasteiger partial charge in [-0.15, -0.1) is 0 Å². The van der Waals surface area contributed by atoms with Crippen LogP contribution in [-0.4, -0.2) is 18.0 Å². The van der Waals surface area contributed by atoms with Crippen LogP contribution in [0.4, 0.5) is 0 Å². The van der Waals surface area contributed by atoms with Crippen molar-refractivity contribution in [1.29, 1.82) is 0 Å². The third-order valence-electron chi connectivity index (χ3n) is 4.99. The first-order chi connectivity index (χ1) is 8.79. The number of ether oxygens (including phenoxy) is 1. The van der Waals surface area contributed by atoms with Crippen molar-refractivity contribution >= 4 is 5.78 Å². The normalized spacial score (nSPS) is 31.3. The Kier molecular flexibility index (Phi) is 3.56. The number of carbonyl (C=O) groups excluding carboxylic acids is 1. The fourth-order valence-electron chi connectivity index (χ4n) is 3.95. The predicted molar refractivity (Wildman–Crippen MR) is 71.4 cm³/mol. The second-order valence-electron chi connectivity index (χ2n) is 6.27. The van der Waals surface area contributed by atoms with E-state index in [1.165, 1.54) is 38.5 Å². The molecule has 100 valence electrons. The molecule has 1 unspecified atom stereocenters. The minimum absolute atomic E-state index is 0.0655. The molecule has 0 aromatic rings. The summed E-state index contributed by atoms with van der Waals surface area (Å²) in [6.07, 6.45) is 13.7. The molecule has 2 fully saturated rings. The highest BCUT2D eigenvalue weighted by Gasteiger charge is 2.41. The summed E-state index contributed by atoms with van der Waals surface area (Å²) in [5.74, 6) is 0.696. The van der Waals surface area contributed by atoms with E-state index in [0.717, 1.165) is 37.9 Å². The van der Waals surface area contributed by atoms with Crippen molar-refractivity contribution in [3.05, 3.63) is 11.6 Å². The number of Topliss-reactive ketones (excluding diaryl/α,β-unsaturated/α-hetero) is 1. The average Bonchev–Trinajstić information content (AvgIpc) is 2.93. The quantitative estimate of drug-likeness (QED) is 0.743. The van der Waals surface area contributed by atoms with Crippen LogP contribution in [0.25, 0.3) is 0 Å². The van der Waals surface area contributed by atoms with Crippen LogP contribution in [0, 0.1) is 5.92 Å². The van der Waals surface area contributed by atoms with Gasteiger partial charge in [0, 0.05) is 12.5 Å². The van der Waals surface area contributed by atoms with Gasteiger partial charge >= 0.3 is 0 Å². The Labute approximate surface area is 110 Å². The monoisotopic (exact) mass is 248 g/mol. The highest BCUT2D eigenvalue weighted by molar-refractivity contribution is 5.97. The molecule has 1 aliphatic heterocycles. The smallest absolute Gasteiger partial charge is 0.161 e. The molecule has 2 nitrogen and oxygen atoms in total. The molecule has 1 spiro atoms. The molecule has 1 saturated heterocycles. The summed E-state index contributed by atoms with van der Waals surface area (Å²) < 4.78 is 6.08. The SMILES string of the molecule is O=C(C1=CCCC1)C1CCOC2(CCCCC2)C1. The molecule has 0 aromatic carbocycles. The maximum Gasteiger partial charge on any atom is 0.161 e. The summed E-state index contributed by atoms with van der Waals surface area (Å²) in [5.41, 5.74) is 1.18. The van der Waals surface area contributed by atoms with E-state index in [0.29, 0.717) is 5.78 Å². The van der Waals surface area contributed by atoms with Crippen LogP contribution < -0.4 is 0 Å². The number of ketones is 1. The topological polar surface area (TPSA) is 26.3 Å². The van der Waals surface area contributed by atoms with Gasteiger partial charge in [0.05, 0.1) is 5.60 Å². The van der Waals surface area contributed by atoms with Gasteiger partial charge in [0.2, 0.25) is 0 Å². The van der Waals surface area contributed by atoms with Crippen molar-refractivity contribution in [3.8, 4) is 0 Å². The molecule has 1 heterocycles. The Bertz CT molecular complexity index is 345. The van der Waals surface area contributed by atoms with Gasteiger partial charge in [-0.05, 0) is 50.5 Å². The molecule has 1 atom stereocenters. The molecule has 2 heteroatoms. The molecule has 2 aliphatic carbocycles. The van der Waals surface area contributed by atoms with Gasteiger partial charge in [-0.1, -0.05) is 25.3 Å². The largest absolute Gasteiger partial charge is 0.375 e. The second-order valence-corrected chi connectivity index (χ2v) is 6.27. The molecule has 0 radical (unpaired) electrons. The van der Waals surface area contributed by atoms with E-state index in [-0.39, 0.29) is 11.5 Å². The van der Waals surface area contributed by atoms with Crippen molar-refractivity contribution in [2.75, 3.05) is 6.61 Å². The summed E-state index contributed by atoms with van der Waals surface area (Å²) in [7, 11) is 0. The zero-order valence-electron chi connectivity index (χ0n) is 11.2. The summed E-state index contributed by atoms with van der Waals surface area (Å²) in [6.45, 7) is 0.795. The molecule has 18 heavy (non-hydrogen) atoms. The molecule has 0 N–H and O–H groups in total. The Balaban J connectivity index is 1.67. The molecule has 0 aromatic heterocycles. The number of allylic oxidation sites excluding steroid dienone is 2. The van der Waals surface area contributed by atoms with Crippen LogP contribution in [0.2, 0.25) is 0 Å². The first-order valence-electron chi connectivity index (χ1n) is 7.66. The van der Waals surface area contributed by atoms with E-state index in [4.69, 9.17) is 4.74 Å². The van der Waals surface area contributed by atoms with Crippen molar-refractivity contribution in [2.24, 2.45) is 5.92 Å². The van der Waals surface area contributed by atoms with Crippen LogP contribution in [0.5, 0.6) is 0 Å². The molecular weight excluding hydrogens is 224 g/mol. The number of rotatable bonds is 2. The van der Waals surface area contributed by atoms with E-state index >= 15 is 0 Å². The molecule has 1 saturated carbocycles. The third-order valence-corrected chi connectivity index (χ3v) is 4.99. The minimum Gasteiger partial charge on any atom is -0.375 e. The number of hydrogen-bond donors (Lipinski definition) is 0. The number of carbonyl (C=O) groups is 1. The van der Waals surface area contributed by atoms with Crippen molar-refractivity contribution in [3.63, 3.8) is 0 Å². The standard InChI is InChI=1S/C16H24O2/c17-15(13-6-2-3-7-13)14-8-11-18-16(12-14)9-4-1-5-10-16/h6,14H,1-5,7-12H2. The molecule has 0 bridgehead atoms. The number of hydrogen-bond acceptors (Lipinski definition) is 2. The van der Waals surface area contributed by atoms with Gasteiger partial charge in [0.1, 0.15) is 0 Å². The van der Waals surface area contributed by atoms with Gasteiger partial charge in [0.25, 0.3) is 0 Å². The zero-order valence-corrected chi connectivity index (χ0v) is 11.2. The lowest BCUT2D eigenvalue weighted by Crippen LogP contribution is -2.43. The maximum atomic E-state index is 12.5. The molecular formula is C16H24O2. The van der Waals surface area contributed by atoms with Gasteiger partial charge in [-0.3, -0.25) is 4.79 Å². The summed E-state index contributed by atoms with van der Waals surface area (Å²) in [4.78, 5) is 12.5. The van der Waals surface area contributed by atoms with Crippen LogP contribution in [0.1, 0.15) is 64.2 Å². The molecule has 0 amide bonds. The van der Waals surface area contributed by atoms with Gasteiger partial charge in [0.15, 0.2) is 5.78 Å². The first kappa shape index (κ1) is 12.4. The van der Waals surface area contributed by atoms with Crippen LogP contribution in [-0.2, 0) is 9.53 Å². The van der Waals surface area contributed by atoms with Crippen molar-refractivity contribution in [2.45, 2.75) is 69.8 Å². The summed E-state index contributed by atoms with van der Waals surface area (Å²) in [6, 6.07) is 0. The lowest BCUT2D eigenvalue weighted by molar-refractivity contribution is -0.140. The van der Waals surface area contributed by atoms with E-state index in [1.54, 1.807) is 0 Å². The van der Waals surface area contributed by atoms with E-state index in [9.17, 15) is 4.79 Å². The van der Waals surface area contributed by atoms with Crippen LogP contribution >= 0.6 is 0 Å². The maximum absolute atomic E-state index is 12.5.